The Morgan fingerprint density at radius 1 is 1.03 bits per heavy atom. The van der Waals surface area contributed by atoms with Crippen molar-refractivity contribution in [1.82, 2.24) is 19.7 Å². The minimum atomic E-state index is 0.513. The molecule has 0 unspecified atom stereocenters. The molecule has 0 aliphatic heterocycles. The number of nitriles is 1. The smallest absolute Gasteiger partial charge is 0.196 e. The number of aryl methyl sites for hydroxylation is 1. The molecule has 0 aliphatic rings. The number of hydrogen-bond donors (Lipinski definition) is 0. The van der Waals surface area contributed by atoms with Gasteiger partial charge in [0, 0.05) is 23.7 Å². The van der Waals surface area contributed by atoms with Crippen LogP contribution in [0.15, 0.2) is 78.2 Å². The van der Waals surface area contributed by atoms with Crippen LogP contribution in [0.2, 0.25) is 0 Å². The molecule has 148 valence electrons. The number of nitrogens with zero attached hydrogens (tertiary/aromatic N) is 5. The summed E-state index contributed by atoms with van der Waals surface area (Å²) in [6.07, 6.45) is 3.54. The third-order valence-corrected chi connectivity index (χ3v) is 5.37. The first-order valence-electron chi connectivity index (χ1n) is 9.44. The molecule has 0 saturated carbocycles. The maximum atomic E-state index is 8.88. The number of aromatic nitrogens is 4. The molecule has 0 fully saturated rings. The van der Waals surface area contributed by atoms with Gasteiger partial charge in [-0.15, -0.1) is 10.2 Å². The van der Waals surface area contributed by atoms with E-state index in [0.29, 0.717) is 17.9 Å². The number of para-hydroxylation sites is 1. The van der Waals surface area contributed by atoms with Crippen LogP contribution in [-0.2, 0) is 0 Å². The molecule has 0 N–H and O–H groups in total. The molecule has 4 aromatic rings. The van der Waals surface area contributed by atoms with E-state index in [1.165, 1.54) is 0 Å². The van der Waals surface area contributed by atoms with E-state index in [2.05, 4.69) is 44.9 Å². The maximum absolute atomic E-state index is 8.88. The minimum absolute atomic E-state index is 0.513. The van der Waals surface area contributed by atoms with Gasteiger partial charge in [0.05, 0.1) is 23.9 Å². The normalized spacial score (nSPS) is 10.5. The number of thioether (sulfide) groups is 1. The van der Waals surface area contributed by atoms with Gasteiger partial charge in [0.25, 0.3) is 0 Å². The second kappa shape index (κ2) is 9.25. The van der Waals surface area contributed by atoms with Crippen molar-refractivity contribution < 1.29 is 4.74 Å². The Hall–Kier alpha value is -3.63. The zero-order valence-corrected chi connectivity index (χ0v) is 17.2. The van der Waals surface area contributed by atoms with Crippen molar-refractivity contribution in [3.8, 4) is 28.9 Å². The molecule has 0 saturated heterocycles. The first-order chi connectivity index (χ1) is 14.8. The third-order valence-electron chi connectivity index (χ3n) is 4.48. The summed E-state index contributed by atoms with van der Waals surface area (Å²) in [6, 6.07) is 21.3. The predicted octanol–water partition coefficient (Wildman–Crippen LogP) is 4.68. The molecule has 0 spiro atoms. The Morgan fingerprint density at radius 3 is 2.60 bits per heavy atom. The number of rotatable bonds is 7. The highest BCUT2D eigenvalue weighted by molar-refractivity contribution is 7.99. The van der Waals surface area contributed by atoms with E-state index in [9.17, 15) is 0 Å². The van der Waals surface area contributed by atoms with Crippen molar-refractivity contribution in [3.63, 3.8) is 0 Å². The third kappa shape index (κ3) is 4.34. The van der Waals surface area contributed by atoms with E-state index >= 15 is 0 Å². The molecular weight excluding hydrogens is 394 g/mol. The van der Waals surface area contributed by atoms with Crippen LogP contribution in [0.25, 0.3) is 17.1 Å². The first-order valence-corrected chi connectivity index (χ1v) is 10.4. The molecule has 0 bridgehead atoms. The molecule has 0 radical (unpaired) electrons. The van der Waals surface area contributed by atoms with Gasteiger partial charge < -0.3 is 4.74 Å². The molecule has 0 amide bonds. The average molecular weight is 414 g/mol. The van der Waals surface area contributed by atoms with Crippen LogP contribution in [0, 0.1) is 18.3 Å². The molecule has 0 aliphatic carbocycles. The Kier molecular flexibility index (Phi) is 6.06. The molecule has 6 nitrogen and oxygen atoms in total. The van der Waals surface area contributed by atoms with Crippen molar-refractivity contribution in [3.05, 3.63) is 84.2 Å². The lowest BCUT2D eigenvalue weighted by atomic mass is 10.2. The number of hydrogen-bond acceptors (Lipinski definition) is 6. The number of pyridine rings is 1. The molecule has 0 atom stereocenters. The topological polar surface area (TPSA) is 76.6 Å². The van der Waals surface area contributed by atoms with E-state index in [1.54, 1.807) is 48.4 Å². The van der Waals surface area contributed by atoms with Crippen molar-refractivity contribution in [2.75, 3.05) is 12.4 Å². The highest BCUT2D eigenvalue weighted by Gasteiger charge is 2.17. The Morgan fingerprint density at radius 2 is 1.87 bits per heavy atom. The van der Waals surface area contributed by atoms with Crippen molar-refractivity contribution in [1.29, 1.82) is 5.26 Å². The van der Waals surface area contributed by atoms with Gasteiger partial charge in [0.1, 0.15) is 5.75 Å². The van der Waals surface area contributed by atoms with E-state index in [-0.39, 0.29) is 0 Å². The van der Waals surface area contributed by atoms with Gasteiger partial charge in [-0.1, -0.05) is 30.0 Å². The van der Waals surface area contributed by atoms with Gasteiger partial charge in [-0.3, -0.25) is 9.55 Å². The van der Waals surface area contributed by atoms with E-state index in [4.69, 9.17) is 10.00 Å². The van der Waals surface area contributed by atoms with Gasteiger partial charge in [0.2, 0.25) is 0 Å². The molecule has 2 aromatic heterocycles. The molecule has 4 rings (SSSR count). The summed E-state index contributed by atoms with van der Waals surface area (Å²) in [5, 5.41) is 18.6. The highest BCUT2D eigenvalue weighted by atomic mass is 32.2. The van der Waals surface area contributed by atoms with E-state index in [0.717, 1.165) is 33.5 Å². The summed E-state index contributed by atoms with van der Waals surface area (Å²) in [7, 11) is 0. The largest absolute Gasteiger partial charge is 0.493 e. The fourth-order valence-corrected chi connectivity index (χ4v) is 3.76. The van der Waals surface area contributed by atoms with E-state index < -0.39 is 0 Å². The summed E-state index contributed by atoms with van der Waals surface area (Å²) in [4.78, 5) is 4.22. The van der Waals surface area contributed by atoms with Crippen LogP contribution >= 0.6 is 11.8 Å². The van der Waals surface area contributed by atoms with Crippen LogP contribution in [0.3, 0.4) is 0 Å². The van der Waals surface area contributed by atoms with Crippen LogP contribution in [0.4, 0.5) is 0 Å². The maximum Gasteiger partial charge on any atom is 0.196 e. The van der Waals surface area contributed by atoms with Gasteiger partial charge >= 0.3 is 0 Å². The molecule has 30 heavy (non-hydrogen) atoms. The molecule has 2 heterocycles. The lowest BCUT2D eigenvalue weighted by Crippen LogP contribution is -2.04. The molecular formula is C23H19N5OS. The SMILES string of the molecule is Cc1ccccc1-n1c(SCCOc2ccc(C#N)cc2)nnc1-c1cccnc1. The van der Waals surface area contributed by atoms with Crippen molar-refractivity contribution in [2.45, 2.75) is 12.1 Å². The Labute approximate surface area is 179 Å². The first kappa shape index (κ1) is 19.7. The Balaban J connectivity index is 1.53. The predicted molar refractivity (Wildman–Crippen MR) is 117 cm³/mol. The minimum Gasteiger partial charge on any atom is -0.493 e. The average Bonchev–Trinajstić information content (AvgIpc) is 3.21. The fourth-order valence-electron chi connectivity index (χ4n) is 3.00. The summed E-state index contributed by atoms with van der Waals surface area (Å²) in [5.74, 6) is 2.20. The van der Waals surface area contributed by atoms with Gasteiger partial charge in [0.15, 0.2) is 11.0 Å². The lowest BCUT2D eigenvalue weighted by Gasteiger charge is -2.13. The number of benzene rings is 2. The summed E-state index contributed by atoms with van der Waals surface area (Å²) in [5.41, 5.74) is 3.70. The zero-order valence-electron chi connectivity index (χ0n) is 16.4. The summed E-state index contributed by atoms with van der Waals surface area (Å²) < 4.78 is 7.86. The quantitative estimate of drug-likeness (QED) is 0.323. The second-order valence-corrected chi connectivity index (χ2v) is 7.56. The van der Waals surface area contributed by atoms with Gasteiger partial charge in [-0.25, -0.2) is 0 Å². The van der Waals surface area contributed by atoms with Crippen molar-refractivity contribution in [2.24, 2.45) is 0 Å². The lowest BCUT2D eigenvalue weighted by molar-refractivity contribution is 0.344. The Bertz CT molecular complexity index is 1170. The molecule has 7 heteroatoms. The zero-order chi connectivity index (χ0) is 20.8. The number of ether oxygens (including phenoxy) is 1. The standard InChI is InChI=1S/C23H19N5OS/c1-17-5-2-3-7-21(17)28-22(19-6-4-12-25-16-19)26-27-23(28)30-14-13-29-20-10-8-18(15-24)9-11-20/h2-12,16H,13-14H2,1H3. The van der Waals surface area contributed by atoms with Crippen molar-refractivity contribution >= 4 is 11.8 Å². The van der Waals surface area contributed by atoms with Gasteiger partial charge in [-0.2, -0.15) is 5.26 Å². The fraction of sp³-hybridized carbons (Fsp3) is 0.130. The van der Waals surface area contributed by atoms with E-state index in [1.807, 2.05) is 24.3 Å². The second-order valence-electron chi connectivity index (χ2n) is 6.50. The van der Waals surface area contributed by atoms with Crippen LogP contribution < -0.4 is 4.74 Å². The summed E-state index contributed by atoms with van der Waals surface area (Å²) in [6.45, 7) is 2.59. The van der Waals surface area contributed by atoms with Crippen LogP contribution in [0.1, 0.15) is 11.1 Å². The van der Waals surface area contributed by atoms with Crippen LogP contribution in [0.5, 0.6) is 5.75 Å². The monoisotopic (exact) mass is 413 g/mol. The highest BCUT2D eigenvalue weighted by Crippen LogP contribution is 2.29. The summed E-state index contributed by atoms with van der Waals surface area (Å²) >= 11 is 1.58. The van der Waals surface area contributed by atoms with Crippen LogP contribution in [-0.4, -0.2) is 32.1 Å². The molecule has 2 aromatic carbocycles. The van der Waals surface area contributed by atoms with Gasteiger partial charge in [-0.05, 0) is 55.0 Å².